The molecule has 0 fully saturated rings. The van der Waals surface area contributed by atoms with Crippen LogP contribution in [0.5, 0.6) is 11.5 Å². The van der Waals surface area contributed by atoms with Crippen LogP contribution in [0.15, 0.2) is 51.7 Å². The quantitative estimate of drug-likeness (QED) is 0.551. The lowest BCUT2D eigenvalue weighted by Gasteiger charge is -2.33. The second-order valence-corrected chi connectivity index (χ2v) is 8.68. The third-order valence-electron chi connectivity index (χ3n) is 5.60. The molecule has 0 radical (unpaired) electrons. The Morgan fingerprint density at radius 2 is 1.94 bits per heavy atom. The molecule has 0 aliphatic carbocycles. The van der Waals surface area contributed by atoms with Gasteiger partial charge in [-0.25, -0.2) is 4.79 Å². The van der Waals surface area contributed by atoms with Crippen molar-refractivity contribution in [3.05, 3.63) is 58.4 Å². The first-order valence-electron chi connectivity index (χ1n) is 10.7. The molecular formula is C25H25NO7. The number of hydrogen-bond acceptors (Lipinski definition) is 6. The molecule has 0 unspecified atom stereocenters. The number of carbonyl (C=O) groups is 2. The van der Waals surface area contributed by atoms with Crippen molar-refractivity contribution in [2.45, 2.75) is 45.3 Å². The van der Waals surface area contributed by atoms with E-state index in [-0.39, 0.29) is 0 Å². The Hall–Kier alpha value is -3.81. The first-order chi connectivity index (χ1) is 15.6. The van der Waals surface area contributed by atoms with E-state index in [1.165, 1.54) is 13.0 Å². The van der Waals surface area contributed by atoms with Crippen molar-refractivity contribution in [3.63, 3.8) is 0 Å². The molecule has 0 saturated heterocycles. The molecule has 1 atom stereocenters. The summed E-state index contributed by atoms with van der Waals surface area (Å²) in [6.07, 6.45) is 1.39. The fourth-order valence-electron chi connectivity index (χ4n) is 3.89. The van der Waals surface area contributed by atoms with Crippen LogP contribution in [0.3, 0.4) is 0 Å². The van der Waals surface area contributed by atoms with Crippen molar-refractivity contribution < 1.29 is 28.6 Å². The molecule has 0 spiro atoms. The summed E-state index contributed by atoms with van der Waals surface area (Å²) in [6.45, 7) is 4.89. The number of aryl methyl sites for hydroxylation is 1. The third kappa shape index (κ3) is 4.69. The molecule has 2 N–H and O–H groups in total. The summed E-state index contributed by atoms with van der Waals surface area (Å²) in [5, 5.41) is 11.9. The number of aliphatic carboxylic acids is 1. The zero-order chi connectivity index (χ0) is 23.8. The van der Waals surface area contributed by atoms with Crippen LogP contribution in [-0.2, 0) is 16.0 Å². The molecule has 2 heterocycles. The fourth-order valence-corrected chi connectivity index (χ4v) is 3.89. The van der Waals surface area contributed by atoms with Crippen molar-refractivity contribution in [1.29, 1.82) is 0 Å². The topological polar surface area (TPSA) is 115 Å². The van der Waals surface area contributed by atoms with Crippen LogP contribution in [-0.4, -0.2) is 35.2 Å². The van der Waals surface area contributed by atoms with E-state index in [1.54, 1.807) is 6.07 Å². The number of nitrogens with one attached hydrogen (secondary N) is 1. The third-order valence-corrected chi connectivity index (χ3v) is 5.60. The van der Waals surface area contributed by atoms with E-state index in [4.69, 9.17) is 19.0 Å². The van der Waals surface area contributed by atoms with Crippen LogP contribution in [0.4, 0.5) is 0 Å². The van der Waals surface area contributed by atoms with E-state index >= 15 is 0 Å². The number of hydrogen-bond donors (Lipinski definition) is 2. The Morgan fingerprint density at radius 3 is 2.64 bits per heavy atom. The van der Waals surface area contributed by atoms with E-state index < -0.39 is 35.8 Å². The predicted molar refractivity (Wildman–Crippen MR) is 122 cm³/mol. The molecule has 1 aromatic heterocycles. The van der Waals surface area contributed by atoms with Gasteiger partial charge in [-0.1, -0.05) is 30.3 Å². The van der Waals surface area contributed by atoms with Gasteiger partial charge < -0.3 is 24.3 Å². The summed E-state index contributed by atoms with van der Waals surface area (Å²) >= 11 is 0. The molecule has 0 bridgehead atoms. The predicted octanol–water partition coefficient (Wildman–Crippen LogP) is 3.53. The van der Waals surface area contributed by atoms with Gasteiger partial charge in [-0.2, -0.15) is 0 Å². The first-order valence-corrected chi connectivity index (χ1v) is 10.7. The van der Waals surface area contributed by atoms with Gasteiger partial charge in [-0.3, -0.25) is 9.59 Å². The van der Waals surface area contributed by atoms with E-state index in [0.29, 0.717) is 34.5 Å². The first kappa shape index (κ1) is 22.4. The Labute approximate surface area is 190 Å². The molecule has 8 heteroatoms. The molecule has 3 aromatic rings. The molecule has 172 valence electrons. The standard InChI is InChI=1S/C25H25NO7/c1-14(24(29)30)26-20(27)13-31-19-12-18-16(9-10-25(2,3)33-18)23-22(19)17(11-21(28)32-23)15-7-5-4-6-8-15/h4-8,11-12,14H,9-10,13H2,1-3H3,(H,26,27)(H,29,30)/t14-/m0/s1. The molecule has 1 aliphatic rings. The molecule has 2 aromatic carbocycles. The number of benzene rings is 2. The van der Waals surface area contributed by atoms with Crippen LogP contribution < -0.4 is 20.4 Å². The maximum Gasteiger partial charge on any atom is 0.336 e. The summed E-state index contributed by atoms with van der Waals surface area (Å²) < 4.78 is 17.6. The molecule has 33 heavy (non-hydrogen) atoms. The lowest BCUT2D eigenvalue weighted by molar-refractivity contribution is -0.141. The maximum atomic E-state index is 12.5. The van der Waals surface area contributed by atoms with Crippen LogP contribution in [0.2, 0.25) is 0 Å². The summed E-state index contributed by atoms with van der Waals surface area (Å²) in [4.78, 5) is 35.8. The number of carboxylic acid groups (broad SMARTS) is 1. The highest BCUT2D eigenvalue weighted by molar-refractivity contribution is 6.00. The van der Waals surface area contributed by atoms with Gasteiger partial charge in [0.15, 0.2) is 6.61 Å². The smallest absolute Gasteiger partial charge is 0.336 e. The fraction of sp³-hybridized carbons (Fsp3) is 0.320. The van der Waals surface area contributed by atoms with Crippen molar-refractivity contribution in [3.8, 4) is 22.6 Å². The van der Waals surface area contributed by atoms with Gasteiger partial charge in [0.25, 0.3) is 5.91 Å². The summed E-state index contributed by atoms with van der Waals surface area (Å²) in [5.41, 5.74) is 1.63. The second kappa shape index (κ2) is 8.61. The molecule has 0 saturated carbocycles. The molecule has 4 rings (SSSR count). The van der Waals surface area contributed by atoms with Gasteiger partial charge in [0.1, 0.15) is 28.7 Å². The van der Waals surface area contributed by atoms with Crippen molar-refractivity contribution in [2.24, 2.45) is 0 Å². The average Bonchev–Trinajstić information content (AvgIpc) is 2.76. The van der Waals surface area contributed by atoms with Crippen LogP contribution in [0.25, 0.3) is 22.1 Å². The number of ether oxygens (including phenoxy) is 2. The van der Waals surface area contributed by atoms with Gasteiger partial charge in [0.2, 0.25) is 0 Å². The Balaban J connectivity index is 1.84. The number of rotatable bonds is 6. The highest BCUT2D eigenvalue weighted by Gasteiger charge is 2.31. The zero-order valence-corrected chi connectivity index (χ0v) is 18.6. The second-order valence-electron chi connectivity index (χ2n) is 8.68. The minimum absolute atomic E-state index is 0.308. The lowest BCUT2D eigenvalue weighted by Crippen LogP contribution is -2.40. The number of amides is 1. The highest BCUT2D eigenvalue weighted by Crippen LogP contribution is 2.44. The normalized spacial score (nSPS) is 15.2. The molecular weight excluding hydrogens is 426 g/mol. The van der Waals surface area contributed by atoms with Crippen LogP contribution in [0, 0.1) is 0 Å². The highest BCUT2D eigenvalue weighted by atomic mass is 16.5. The van der Waals surface area contributed by atoms with Gasteiger partial charge >= 0.3 is 11.6 Å². The van der Waals surface area contributed by atoms with E-state index in [9.17, 15) is 14.4 Å². The Kier molecular flexibility index (Phi) is 5.84. The van der Waals surface area contributed by atoms with E-state index in [2.05, 4.69) is 5.32 Å². The zero-order valence-electron chi connectivity index (χ0n) is 18.6. The van der Waals surface area contributed by atoms with E-state index in [1.807, 2.05) is 44.2 Å². The number of carboxylic acids is 1. The van der Waals surface area contributed by atoms with E-state index in [0.717, 1.165) is 17.5 Å². The van der Waals surface area contributed by atoms with Crippen molar-refractivity contribution >= 4 is 22.8 Å². The number of carbonyl (C=O) groups excluding carboxylic acids is 1. The monoisotopic (exact) mass is 451 g/mol. The largest absolute Gasteiger partial charge is 0.487 e. The summed E-state index contributed by atoms with van der Waals surface area (Å²) in [7, 11) is 0. The molecule has 1 amide bonds. The van der Waals surface area contributed by atoms with Gasteiger partial charge in [0, 0.05) is 23.3 Å². The maximum absolute atomic E-state index is 12.5. The molecule has 8 nitrogen and oxygen atoms in total. The minimum Gasteiger partial charge on any atom is -0.487 e. The Bertz CT molecular complexity index is 1280. The molecule has 1 aliphatic heterocycles. The van der Waals surface area contributed by atoms with Gasteiger partial charge in [-0.05, 0) is 39.2 Å². The summed E-state index contributed by atoms with van der Waals surface area (Å²) in [6, 6.07) is 11.4. The van der Waals surface area contributed by atoms with Crippen molar-refractivity contribution in [2.75, 3.05) is 6.61 Å². The summed E-state index contributed by atoms with van der Waals surface area (Å²) in [5.74, 6) is -0.898. The van der Waals surface area contributed by atoms with Gasteiger partial charge in [-0.15, -0.1) is 0 Å². The van der Waals surface area contributed by atoms with Crippen LogP contribution >= 0.6 is 0 Å². The lowest BCUT2D eigenvalue weighted by atomic mass is 9.91. The number of fused-ring (bicyclic) bond motifs is 3. The van der Waals surface area contributed by atoms with Crippen LogP contribution in [0.1, 0.15) is 32.8 Å². The van der Waals surface area contributed by atoms with Gasteiger partial charge in [0.05, 0.1) is 5.39 Å². The minimum atomic E-state index is -1.15. The average molecular weight is 451 g/mol. The Morgan fingerprint density at radius 1 is 1.21 bits per heavy atom. The van der Waals surface area contributed by atoms with Crippen molar-refractivity contribution in [1.82, 2.24) is 5.32 Å². The SMILES string of the molecule is C[C@H](NC(=O)COc1cc2c(c3oc(=O)cc(-c4ccccc4)c13)CCC(C)(C)O2)C(=O)O.